The normalized spacial score (nSPS) is 11.8. The van der Waals surface area contributed by atoms with E-state index in [4.69, 9.17) is 4.42 Å². The maximum absolute atomic E-state index is 6.33. The fraction of sp³-hybridized carbons (Fsp3) is 0. The fourth-order valence-corrected chi connectivity index (χ4v) is 8.08. The summed E-state index contributed by atoms with van der Waals surface area (Å²) in [4.78, 5) is 1.28. The number of hydrogen-bond donors (Lipinski definition) is 0. The number of fused-ring (bicyclic) bond motifs is 7. The molecule has 7 aromatic carbocycles. The lowest BCUT2D eigenvalue weighted by Gasteiger charge is -2.18. The quantitative estimate of drug-likeness (QED) is 0.199. The molecule has 0 saturated heterocycles. The lowest BCUT2D eigenvalue weighted by atomic mass is 9.84. The number of thiophene rings is 1. The highest BCUT2D eigenvalue weighted by molar-refractivity contribution is 7.24. The van der Waals surface area contributed by atoms with Crippen LogP contribution in [0.2, 0.25) is 0 Å². The zero-order chi connectivity index (χ0) is 27.6. The summed E-state index contributed by atoms with van der Waals surface area (Å²) in [5.41, 5.74) is 8.20. The van der Waals surface area contributed by atoms with Crippen molar-refractivity contribution in [2.24, 2.45) is 0 Å². The van der Waals surface area contributed by atoms with E-state index in [0.29, 0.717) is 0 Å². The Hall–Kier alpha value is -5.18. The molecule has 0 bridgehead atoms. The van der Waals surface area contributed by atoms with E-state index >= 15 is 0 Å². The van der Waals surface area contributed by atoms with Gasteiger partial charge in [0.2, 0.25) is 0 Å². The summed E-state index contributed by atoms with van der Waals surface area (Å²) in [6.07, 6.45) is 0. The van der Waals surface area contributed by atoms with Crippen molar-refractivity contribution in [3.63, 3.8) is 0 Å². The Bertz CT molecular complexity index is 2390. The molecule has 2 heterocycles. The van der Waals surface area contributed by atoms with Crippen molar-refractivity contribution in [1.29, 1.82) is 0 Å². The highest BCUT2D eigenvalue weighted by atomic mass is 32.1. The number of rotatable bonds is 3. The zero-order valence-electron chi connectivity index (χ0n) is 22.7. The minimum atomic E-state index is 0.930. The lowest BCUT2D eigenvalue weighted by Crippen LogP contribution is -1.91. The van der Waals surface area contributed by atoms with Gasteiger partial charge in [0.1, 0.15) is 11.2 Å². The third kappa shape index (κ3) is 3.36. The molecule has 0 amide bonds. The molecule has 0 aliphatic rings. The molecule has 1 nitrogen and oxygen atoms in total. The molecule has 0 saturated carbocycles. The average molecular weight is 553 g/mol. The van der Waals surface area contributed by atoms with E-state index in [9.17, 15) is 0 Å². The van der Waals surface area contributed by atoms with Gasteiger partial charge in [0.15, 0.2) is 0 Å². The third-order valence-corrected chi connectivity index (χ3v) is 9.75. The molecule has 0 radical (unpaired) electrons. The van der Waals surface area contributed by atoms with Gasteiger partial charge in [0.25, 0.3) is 0 Å². The van der Waals surface area contributed by atoms with Crippen LogP contribution in [0.5, 0.6) is 0 Å². The van der Waals surface area contributed by atoms with Gasteiger partial charge in [0.05, 0.1) is 0 Å². The van der Waals surface area contributed by atoms with E-state index in [1.807, 2.05) is 17.4 Å². The van der Waals surface area contributed by atoms with E-state index in [1.54, 1.807) is 0 Å². The standard InChI is InChI=1S/C40H24OS/c1-3-13-25(14-4-1)35-27-17-7-9-19-29(27)36(30-20-10-8-18-28(30)35)38-32-23-24-34-37(31-21-11-12-22-33(31)41-34)40(32)42-39(38)26-15-5-2-6-16-26/h1-24H. The first kappa shape index (κ1) is 23.5. The van der Waals surface area contributed by atoms with E-state index in [1.165, 1.54) is 75.1 Å². The lowest BCUT2D eigenvalue weighted by molar-refractivity contribution is 0.669. The van der Waals surface area contributed by atoms with Crippen molar-refractivity contribution in [3.05, 3.63) is 146 Å². The molecule has 0 atom stereocenters. The first-order valence-electron chi connectivity index (χ1n) is 14.3. The largest absolute Gasteiger partial charge is 0.456 e. The van der Waals surface area contributed by atoms with E-state index in [-0.39, 0.29) is 0 Å². The Morgan fingerprint density at radius 2 is 0.881 bits per heavy atom. The van der Waals surface area contributed by atoms with Crippen molar-refractivity contribution < 1.29 is 4.42 Å². The molecule has 0 unspecified atom stereocenters. The number of para-hydroxylation sites is 1. The second-order valence-electron chi connectivity index (χ2n) is 10.8. The van der Waals surface area contributed by atoms with Gasteiger partial charge in [-0.2, -0.15) is 0 Å². The summed E-state index contributed by atoms with van der Waals surface area (Å²) in [7, 11) is 0. The SMILES string of the molecule is c1ccc(-c2sc3c(ccc4oc5ccccc5c43)c2-c2c3ccccc3c(-c3ccccc3)c3ccccc23)cc1. The predicted molar refractivity (Wildman–Crippen MR) is 180 cm³/mol. The minimum Gasteiger partial charge on any atom is -0.456 e. The number of furan rings is 1. The average Bonchev–Trinajstić information content (AvgIpc) is 3.63. The van der Waals surface area contributed by atoms with Crippen LogP contribution >= 0.6 is 11.3 Å². The second-order valence-corrected chi connectivity index (χ2v) is 11.8. The van der Waals surface area contributed by atoms with E-state index in [0.717, 1.165) is 11.2 Å². The molecule has 42 heavy (non-hydrogen) atoms. The van der Waals surface area contributed by atoms with Crippen LogP contribution in [0.4, 0.5) is 0 Å². The van der Waals surface area contributed by atoms with Gasteiger partial charge < -0.3 is 4.42 Å². The Kier molecular flexibility index (Phi) is 5.13. The Labute approximate surface area is 246 Å². The number of benzene rings is 7. The Morgan fingerprint density at radius 3 is 1.52 bits per heavy atom. The number of hydrogen-bond acceptors (Lipinski definition) is 2. The molecule has 9 aromatic rings. The molecule has 2 heteroatoms. The molecule has 0 spiro atoms. The van der Waals surface area contributed by atoms with Crippen LogP contribution in [0.1, 0.15) is 0 Å². The first-order chi connectivity index (χ1) is 20.9. The monoisotopic (exact) mass is 552 g/mol. The predicted octanol–water partition coefficient (Wildman–Crippen LogP) is 12.1. The van der Waals surface area contributed by atoms with Crippen molar-refractivity contribution in [1.82, 2.24) is 0 Å². The van der Waals surface area contributed by atoms with Gasteiger partial charge in [-0.3, -0.25) is 0 Å². The van der Waals surface area contributed by atoms with Gasteiger partial charge in [-0.1, -0.05) is 127 Å². The van der Waals surface area contributed by atoms with Crippen LogP contribution < -0.4 is 0 Å². The maximum Gasteiger partial charge on any atom is 0.136 e. The van der Waals surface area contributed by atoms with Gasteiger partial charge in [-0.05, 0) is 62.0 Å². The molecule has 0 fully saturated rings. The molecule has 196 valence electrons. The first-order valence-corrected chi connectivity index (χ1v) is 15.1. The fourth-order valence-electron chi connectivity index (χ4n) is 6.72. The third-order valence-electron chi connectivity index (χ3n) is 8.48. The Balaban J connectivity index is 1.51. The summed E-state index contributed by atoms with van der Waals surface area (Å²) in [6, 6.07) is 52.3. The molecule has 0 aliphatic carbocycles. The molecule has 2 aromatic heterocycles. The second kappa shape index (κ2) is 9.17. The minimum absolute atomic E-state index is 0.930. The van der Waals surface area contributed by atoms with Crippen LogP contribution in [0.15, 0.2) is 150 Å². The Morgan fingerprint density at radius 1 is 0.357 bits per heavy atom. The van der Waals surface area contributed by atoms with Crippen LogP contribution in [-0.4, -0.2) is 0 Å². The topological polar surface area (TPSA) is 13.1 Å². The summed E-state index contributed by atoms with van der Waals surface area (Å²) in [5.74, 6) is 0. The van der Waals surface area contributed by atoms with Crippen LogP contribution in [0, 0.1) is 0 Å². The maximum atomic E-state index is 6.33. The highest BCUT2D eigenvalue weighted by Gasteiger charge is 2.24. The van der Waals surface area contributed by atoms with Crippen molar-refractivity contribution >= 4 is 64.9 Å². The molecular formula is C40H24OS. The van der Waals surface area contributed by atoms with Crippen molar-refractivity contribution in [3.8, 4) is 32.7 Å². The van der Waals surface area contributed by atoms with Gasteiger partial charge in [0, 0.05) is 31.3 Å². The zero-order valence-corrected chi connectivity index (χ0v) is 23.5. The molecular weight excluding hydrogens is 529 g/mol. The summed E-state index contributed by atoms with van der Waals surface area (Å²) >= 11 is 1.88. The van der Waals surface area contributed by atoms with E-state index in [2.05, 4.69) is 140 Å². The van der Waals surface area contributed by atoms with Crippen LogP contribution in [0.3, 0.4) is 0 Å². The van der Waals surface area contributed by atoms with Crippen molar-refractivity contribution in [2.45, 2.75) is 0 Å². The molecule has 0 aliphatic heterocycles. The summed E-state index contributed by atoms with van der Waals surface area (Å²) in [5, 5.41) is 8.70. The summed E-state index contributed by atoms with van der Waals surface area (Å²) in [6.45, 7) is 0. The summed E-state index contributed by atoms with van der Waals surface area (Å²) < 4.78 is 7.60. The van der Waals surface area contributed by atoms with Crippen LogP contribution in [-0.2, 0) is 0 Å². The van der Waals surface area contributed by atoms with Gasteiger partial charge in [-0.15, -0.1) is 11.3 Å². The molecule has 0 N–H and O–H groups in total. The van der Waals surface area contributed by atoms with E-state index < -0.39 is 0 Å². The smallest absolute Gasteiger partial charge is 0.136 e. The van der Waals surface area contributed by atoms with Crippen LogP contribution in [0.25, 0.3) is 86.3 Å². The molecule has 9 rings (SSSR count). The van der Waals surface area contributed by atoms with Gasteiger partial charge >= 0.3 is 0 Å². The van der Waals surface area contributed by atoms with Gasteiger partial charge in [-0.25, -0.2) is 0 Å². The van der Waals surface area contributed by atoms with Crippen molar-refractivity contribution in [2.75, 3.05) is 0 Å². The highest BCUT2D eigenvalue weighted by Crippen LogP contribution is 2.53.